The van der Waals surface area contributed by atoms with Crippen LogP contribution in [0.1, 0.15) is 142 Å². The molecule has 0 radical (unpaired) electrons. The van der Waals surface area contributed by atoms with Gasteiger partial charge >= 0.3 is 19.8 Å². The number of rotatable bonds is 33. The molecule has 0 fully saturated rings. The van der Waals surface area contributed by atoms with Crippen LogP contribution < -0.4 is 0 Å². The lowest BCUT2D eigenvalue weighted by Gasteiger charge is -2.18. The van der Waals surface area contributed by atoms with Gasteiger partial charge in [0.25, 0.3) is 0 Å². The smallest absolute Gasteiger partial charge is 0.462 e. The van der Waals surface area contributed by atoms with E-state index >= 15 is 0 Å². The van der Waals surface area contributed by atoms with Gasteiger partial charge in [-0.1, -0.05) is 131 Å². The van der Waals surface area contributed by atoms with Crippen LogP contribution in [0.3, 0.4) is 0 Å². The first-order valence-corrected chi connectivity index (χ1v) is 20.4. The van der Waals surface area contributed by atoms with Crippen molar-refractivity contribution in [3.05, 3.63) is 85.1 Å². The Kier molecular flexibility index (Phi) is 34.0. The number of carbonyl (C=O) groups excluding carboxylic acids is 2. The van der Waals surface area contributed by atoms with Crippen LogP contribution in [0.25, 0.3) is 0 Å². The van der Waals surface area contributed by atoms with Crippen LogP contribution in [0.2, 0.25) is 0 Å². The molecule has 0 aromatic heterocycles. The number of allylic oxidation sites excluding steroid dienone is 14. The summed E-state index contributed by atoms with van der Waals surface area (Å²) in [6.07, 6.45) is 47.3. The molecule has 0 aliphatic carbocycles. The van der Waals surface area contributed by atoms with Gasteiger partial charge in [0.1, 0.15) is 6.61 Å². The fourth-order valence-corrected chi connectivity index (χ4v) is 4.97. The minimum absolute atomic E-state index is 0.127. The van der Waals surface area contributed by atoms with Crippen molar-refractivity contribution in [1.82, 2.24) is 0 Å². The maximum Gasteiger partial charge on any atom is 0.469 e. The molecule has 284 valence electrons. The van der Waals surface area contributed by atoms with Crippen LogP contribution in [0.15, 0.2) is 85.1 Å². The third-order valence-corrected chi connectivity index (χ3v) is 7.88. The highest BCUT2D eigenvalue weighted by atomic mass is 31.2. The summed E-state index contributed by atoms with van der Waals surface area (Å²) in [5.74, 6) is -0.980. The van der Waals surface area contributed by atoms with Crippen molar-refractivity contribution in [1.29, 1.82) is 0 Å². The van der Waals surface area contributed by atoms with Crippen molar-refractivity contribution in [3.63, 3.8) is 0 Å². The topological polar surface area (TPSA) is 119 Å². The number of phosphoric acid groups is 1. The number of hydrogen-bond donors (Lipinski definition) is 2. The first kappa shape index (κ1) is 47.2. The fourth-order valence-electron chi connectivity index (χ4n) is 4.61. The van der Waals surface area contributed by atoms with E-state index in [1.807, 2.05) is 12.2 Å². The Morgan fingerprint density at radius 2 is 0.980 bits per heavy atom. The lowest BCUT2D eigenvalue weighted by Crippen LogP contribution is -2.29. The lowest BCUT2D eigenvalue weighted by atomic mass is 10.1. The molecule has 0 bridgehead atoms. The number of phosphoric ester groups is 1. The van der Waals surface area contributed by atoms with Crippen LogP contribution in [0.5, 0.6) is 0 Å². The highest BCUT2D eigenvalue weighted by Crippen LogP contribution is 2.35. The van der Waals surface area contributed by atoms with Gasteiger partial charge in [0.05, 0.1) is 6.61 Å². The van der Waals surface area contributed by atoms with Crippen molar-refractivity contribution in [2.24, 2.45) is 0 Å². The Bertz CT molecular complexity index is 1080. The van der Waals surface area contributed by atoms with E-state index in [-0.39, 0.29) is 19.4 Å². The second kappa shape index (κ2) is 36.0. The van der Waals surface area contributed by atoms with Gasteiger partial charge in [0, 0.05) is 12.8 Å². The van der Waals surface area contributed by atoms with Crippen molar-refractivity contribution >= 4 is 19.8 Å². The molecule has 0 aliphatic heterocycles. The minimum atomic E-state index is -4.77. The van der Waals surface area contributed by atoms with Gasteiger partial charge in [0.2, 0.25) is 0 Å². The van der Waals surface area contributed by atoms with E-state index in [1.54, 1.807) is 0 Å². The molecule has 9 heteroatoms. The van der Waals surface area contributed by atoms with Gasteiger partial charge in [-0.3, -0.25) is 14.1 Å². The number of esters is 2. The highest BCUT2D eigenvalue weighted by Gasteiger charge is 2.22. The van der Waals surface area contributed by atoms with Crippen LogP contribution >= 0.6 is 7.82 Å². The van der Waals surface area contributed by atoms with Crippen LogP contribution in [0, 0.1) is 0 Å². The second-order valence-electron chi connectivity index (χ2n) is 12.2. The Hall–Kier alpha value is -2.77. The van der Waals surface area contributed by atoms with Gasteiger partial charge < -0.3 is 19.3 Å². The molecule has 2 N–H and O–H groups in total. The number of unbranched alkanes of at least 4 members (excludes halogenated alkanes) is 9. The van der Waals surface area contributed by atoms with Gasteiger partial charge in [-0.05, 0) is 83.5 Å². The summed E-state index contributed by atoms with van der Waals surface area (Å²) >= 11 is 0. The van der Waals surface area contributed by atoms with Crippen molar-refractivity contribution < 1.29 is 37.9 Å². The Morgan fingerprint density at radius 3 is 1.50 bits per heavy atom. The van der Waals surface area contributed by atoms with Crippen LogP contribution in [0.4, 0.5) is 0 Å². The molecule has 0 spiro atoms. The molecule has 0 rings (SSSR count). The van der Waals surface area contributed by atoms with Crippen molar-refractivity contribution in [2.45, 2.75) is 148 Å². The Labute approximate surface area is 303 Å². The molecular formula is C41H67O8P. The van der Waals surface area contributed by atoms with E-state index in [1.165, 1.54) is 19.3 Å². The summed E-state index contributed by atoms with van der Waals surface area (Å²) < 4.78 is 26.2. The molecule has 0 aromatic rings. The maximum absolute atomic E-state index is 12.3. The highest BCUT2D eigenvalue weighted by molar-refractivity contribution is 7.46. The Balaban J connectivity index is 4.12. The zero-order valence-electron chi connectivity index (χ0n) is 31.0. The predicted octanol–water partition coefficient (Wildman–Crippen LogP) is 11.3. The molecule has 1 atom stereocenters. The summed E-state index contributed by atoms with van der Waals surface area (Å²) in [7, 11) is -4.77. The molecule has 0 saturated heterocycles. The van der Waals surface area contributed by atoms with Crippen LogP contribution in [-0.4, -0.2) is 41.0 Å². The van der Waals surface area contributed by atoms with Crippen molar-refractivity contribution in [2.75, 3.05) is 13.2 Å². The summed E-state index contributed by atoms with van der Waals surface area (Å²) in [6.45, 7) is 3.46. The molecule has 8 nitrogen and oxygen atoms in total. The van der Waals surface area contributed by atoms with E-state index in [0.717, 1.165) is 77.0 Å². The van der Waals surface area contributed by atoms with E-state index in [4.69, 9.17) is 19.3 Å². The average molecular weight is 719 g/mol. The van der Waals surface area contributed by atoms with Crippen LogP contribution in [-0.2, 0) is 28.2 Å². The molecule has 0 aromatic carbocycles. The molecule has 0 unspecified atom stereocenters. The van der Waals surface area contributed by atoms with E-state index < -0.39 is 32.5 Å². The molecular weight excluding hydrogens is 651 g/mol. The molecule has 50 heavy (non-hydrogen) atoms. The molecule has 0 aliphatic rings. The third-order valence-electron chi connectivity index (χ3n) is 7.40. The van der Waals surface area contributed by atoms with Gasteiger partial charge in [-0.15, -0.1) is 0 Å². The summed E-state index contributed by atoms with van der Waals surface area (Å²) in [4.78, 5) is 42.7. The van der Waals surface area contributed by atoms with E-state index in [2.05, 4.69) is 91.3 Å². The summed E-state index contributed by atoms with van der Waals surface area (Å²) in [5.41, 5.74) is 0. The minimum Gasteiger partial charge on any atom is -0.462 e. The normalized spacial score (nSPS) is 13.4. The summed E-state index contributed by atoms with van der Waals surface area (Å²) in [5, 5.41) is 0. The van der Waals surface area contributed by atoms with Gasteiger partial charge in [0.15, 0.2) is 6.10 Å². The average Bonchev–Trinajstić information content (AvgIpc) is 3.08. The molecule has 0 saturated carbocycles. The fraction of sp³-hybridized carbons (Fsp3) is 0.610. The Morgan fingerprint density at radius 1 is 0.540 bits per heavy atom. The van der Waals surface area contributed by atoms with Crippen molar-refractivity contribution in [3.8, 4) is 0 Å². The summed E-state index contributed by atoms with van der Waals surface area (Å²) in [6, 6.07) is 0. The quantitative estimate of drug-likeness (QED) is 0.0298. The largest absolute Gasteiger partial charge is 0.469 e. The SMILES string of the molecule is CC/C=C/C/C=C/C/C=C/CCCCCCCC(=O)OC[C@H](COP(=O)(O)O)OC(=O)CCC/C=C/C/C=C/C/C=C/C/C=C/CCCCC. The van der Waals surface area contributed by atoms with E-state index in [9.17, 15) is 14.2 Å². The van der Waals surface area contributed by atoms with Gasteiger partial charge in [-0.2, -0.15) is 0 Å². The predicted molar refractivity (Wildman–Crippen MR) is 207 cm³/mol. The second-order valence-corrected chi connectivity index (χ2v) is 13.4. The van der Waals surface area contributed by atoms with Gasteiger partial charge in [-0.25, -0.2) is 4.57 Å². The maximum atomic E-state index is 12.3. The number of hydrogen-bond acceptors (Lipinski definition) is 6. The lowest BCUT2D eigenvalue weighted by molar-refractivity contribution is -0.161. The van der Waals surface area contributed by atoms with E-state index in [0.29, 0.717) is 19.3 Å². The zero-order chi connectivity index (χ0) is 36.8. The number of carbonyl (C=O) groups is 2. The molecule has 0 amide bonds. The standard InChI is InChI=1S/C41H67O8P/c1-3-5-7-9-11-13-15-17-19-20-22-24-26-28-30-32-34-36-41(43)49-39(38-48-50(44,45)46)37-47-40(42)35-33-31-29-27-25-23-21-18-16-14-12-10-8-6-4-2/h6,8,11-14,17-19,21-22,24,28,30,39H,3-5,7,9-10,15-16,20,23,25-27,29,31-38H2,1-2H3,(H2,44,45,46)/b8-6+,13-11+,14-12+,19-17+,21-18+,24-22+,30-28+/t39-/m1/s1. The third kappa shape index (κ3) is 38.0. The first-order valence-electron chi connectivity index (χ1n) is 18.9. The zero-order valence-corrected chi connectivity index (χ0v) is 31.9. The molecule has 0 heterocycles. The monoisotopic (exact) mass is 718 g/mol. The first-order chi connectivity index (χ1) is 24.3. The number of ether oxygens (including phenoxy) is 2.